The van der Waals surface area contributed by atoms with Crippen LogP contribution in [0.3, 0.4) is 0 Å². The zero-order chi connectivity index (χ0) is 13.4. The van der Waals surface area contributed by atoms with Gasteiger partial charge >= 0.3 is 0 Å². The summed E-state index contributed by atoms with van der Waals surface area (Å²) in [5.74, 6) is 2.64. The molecule has 1 rings (SSSR count). The van der Waals surface area contributed by atoms with Crippen LogP contribution in [0.15, 0.2) is 6.07 Å². The fraction of sp³-hybridized carbons (Fsp3) is 0.667. The summed E-state index contributed by atoms with van der Waals surface area (Å²) in [6.45, 7) is 6.45. The van der Waals surface area contributed by atoms with E-state index in [1.165, 1.54) is 0 Å². The van der Waals surface area contributed by atoms with E-state index in [1.807, 2.05) is 19.9 Å². The van der Waals surface area contributed by atoms with Crippen LogP contribution in [0, 0.1) is 6.92 Å². The van der Waals surface area contributed by atoms with Crippen molar-refractivity contribution in [1.82, 2.24) is 9.97 Å². The first-order chi connectivity index (χ1) is 8.71. The second-order valence-corrected chi connectivity index (χ2v) is 4.09. The molecule has 0 radical (unpaired) electrons. The largest absolute Gasteiger partial charge is 0.478 e. The molecular weight excluding hydrogens is 254 g/mol. The van der Waals surface area contributed by atoms with Crippen molar-refractivity contribution in [3.63, 3.8) is 0 Å². The van der Waals surface area contributed by atoms with Crippen LogP contribution in [-0.2, 0) is 4.74 Å². The van der Waals surface area contributed by atoms with E-state index in [9.17, 15) is 0 Å². The van der Waals surface area contributed by atoms with Crippen LogP contribution in [0.5, 0.6) is 5.88 Å². The highest BCUT2D eigenvalue weighted by molar-refractivity contribution is 6.18. The van der Waals surface area contributed by atoms with Gasteiger partial charge in [-0.2, -0.15) is 4.98 Å². The lowest BCUT2D eigenvalue weighted by Gasteiger charge is -2.22. The summed E-state index contributed by atoms with van der Waals surface area (Å²) < 4.78 is 10.5. The van der Waals surface area contributed by atoms with Crippen molar-refractivity contribution in [2.45, 2.75) is 13.8 Å². The van der Waals surface area contributed by atoms with Gasteiger partial charge in [-0.05, 0) is 13.8 Å². The smallest absolute Gasteiger partial charge is 0.218 e. The van der Waals surface area contributed by atoms with Gasteiger partial charge in [-0.3, -0.25) is 0 Å². The Morgan fingerprint density at radius 1 is 1.33 bits per heavy atom. The molecule has 18 heavy (non-hydrogen) atoms. The lowest BCUT2D eigenvalue weighted by atomic mass is 10.4. The number of hydrogen-bond acceptors (Lipinski definition) is 5. The second-order valence-electron chi connectivity index (χ2n) is 3.71. The minimum Gasteiger partial charge on any atom is -0.478 e. The molecular formula is C12H20ClN3O2. The van der Waals surface area contributed by atoms with E-state index in [4.69, 9.17) is 21.1 Å². The predicted octanol–water partition coefficient (Wildman–Crippen LogP) is 1.88. The molecule has 0 saturated heterocycles. The Hall–Kier alpha value is -1.07. The molecule has 0 fully saturated rings. The van der Waals surface area contributed by atoms with Crippen LogP contribution >= 0.6 is 11.6 Å². The van der Waals surface area contributed by atoms with Gasteiger partial charge in [0.2, 0.25) is 5.88 Å². The monoisotopic (exact) mass is 273 g/mol. The normalized spacial score (nSPS) is 10.4. The second kappa shape index (κ2) is 8.11. The third-order valence-electron chi connectivity index (χ3n) is 2.34. The Morgan fingerprint density at radius 3 is 2.72 bits per heavy atom. The molecule has 0 aliphatic rings. The van der Waals surface area contributed by atoms with Crippen LogP contribution in [0.2, 0.25) is 0 Å². The fourth-order valence-corrected chi connectivity index (χ4v) is 1.76. The number of aromatic nitrogens is 2. The number of nitrogens with zero attached hydrogens (tertiary/aromatic N) is 3. The van der Waals surface area contributed by atoms with Gasteiger partial charge < -0.3 is 14.4 Å². The SMILES string of the molecule is CCOc1cc(N(CCCl)CCOC)nc(C)n1. The maximum Gasteiger partial charge on any atom is 0.218 e. The Morgan fingerprint density at radius 2 is 2.11 bits per heavy atom. The molecule has 0 unspecified atom stereocenters. The first kappa shape index (κ1) is 15.0. The van der Waals surface area contributed by atoms with E-state index in [0.29, 0.717) is 37.3 Å². The van der Waals surface area contributed by atoms with Crippen LogP contribution < -0.4 is 9.64 Å². The molecule has 1 heterocycles. The maximum absolute atomic E-state index is 5.81. The van der Waals surface area contributed by atoms with Crippen LogP contribution in [0.25, 0.3) is 0 Å². The molecule has 0 aromatic carbocycles. The van der Waals surface area contributed by atoms with Crippen molar-refractivity contribution in [3.8, 4) is 5.88 Å². The Labute approximate surface area is 113 Å². The summed E-state index contributed by atoms with van der Waals surface area (Å²) in [7, 11) is 1.68. The van der Waals surface area contributed by atoms with E-state index in [1.54, 1.807) is 7.11 Å². The fourth-order valence-electron chi connectivity index (χ4n) is 1.55. The molecule has 6 heteroatoms. The lowest BCUT2D eigenvalue weighted by Crippen LogP contribution is -2.30. The van der Waals surface area contributed by atoms with E-state index in [2.05, 4.69) is 14.9 Å². The number of ether oxygens (including phenoxy) is 2. The number of halogens is 1. The highest BCUT2D eigenvalue weighted by atomic mass is 35.5. The molecule has 0 amide bonds. The molecule has 1 aromatic rings. The van der Waals surface area contributed by atoms with Crippen molar-refractivity contribution in [3.05, 3.63) is 11.9 Å². The zero-order valence-electron chi connectivity index (χ0n) is 11.1. The summed E-state index contributed by atoms with van der Waals surface area (Å²) in [5, 5.41) is 0. The number of alkyl halides is 1. The lowest BCUT2D eigenvalue weighted by molar-refractivity contribution is 0.205. The van der Waals surface area contributed by atoms with Crippen molar-refractivity contribution in [2.24, 2.45) is 0 Å². The summed E-state index contributed by atoms with van der Waals surface area (Å²) in [6, 6.07) is 1.83. The first-order valence-corrected chi connectivity index (χ1v) is 6.53. The first-order valence-electron chi connectivity index (χ1n) is 5.99. The van der Waals surface area contributed by atoms with Crippen molar-refractivity contribution < 1.29 is 9.47 Å². The van der Waals surface area contributed by atoms with Crippen molar-refractivity contribution >= 4 is 17.4 Å². The zero-order valence-corrected chi connectivity index (χ0v) is 11.9. The summed E-state index contributed by atoms with van der Waals surface area (Å²) >= 11 is 5.81. The van der Waals surface area contributed by atoms with Gasteiger partial charge in [-0.15, -0.1) is 11.6 Å². The van der Waals surface area contributed by atoms with Gasteiger partial charge in [-0.25, -0.2) is 4.98 Å². The highest BCUT2D eigenvalue weighted by Crippen LogP contribution is 2.17. The molecule has 0 saturated carbocycles. The van der Waals surface area contributed by atoms with E-state index >= 15 is 0 Å². The van der Waals surface area contributed by atoms with Crippen LogP contribution in [0.4, 0.5) is 5.82 Å². The standard InChI is InChI=1S/C12H20ClN3O2/c1-4-18-12-9-11(14-10(2)15-12)16(6-5-13)7-8-17-3/h9H,4-8H2,1-3H3. The molecule has 0 atom stereocenters. The van der Waals surface area contributed by atoms with Gasteiger partial charge in [0.1, 0.15) is 11.6 Å². The molecule has 0 N–H and O–H groups in total. The minimum atomic E-state index is 0.538. The van der Waals surface area contributed by atoms with Gasteiger partial charge in [-0.1, -0.05) is 0 Å². The third-order valence-corrected chi connectivity index (χ3v) is 2.51. The van der Waals surface area contributed by atoms with E-state index in [0.717, 1.165) is 12.4 Å². The van der Waals surface area contributed by atoms with Gasteiger partial charge in [0, 0.05) is 32.1 Å². The van der Waals surface area contributed by atoms with Crippen LogP contribution in [0.1, 0.15) is 12.7 Å². The van der Waals surface area contributed by atoms with Gasteiger partial charge in [0.15, 0.2) is 0 Å². The average molecular weight is 274 g/mol. The van der Waals surface area contributed by atoms with E-state index < -0.39 is 0 Å². The highest BCUT2D eigenvalue weighted by Gasteiger charge is 2.10. The average Bonchev–Trinajstić information content (AvgIpc) is 2.34. The number of hydrogen-bond donors (Lipinski definition) is 0. The van der Waals surface area contributed by atoms with Crippen molar-refractivity contribution in [2.75, 3.05) is 44.2 Å². The van der Waals surface area contributed by atoms with E-state index in [-0.39, 0.29) is 0 Å². The molecule has 0 aliphatic heterocycles. The predicted molar refractivity (Wildman–Crippen MR) is 72.7 cm³/mol. The maximum atomic E-state index is 5.81. The Bertz CT molecular complexity index is 363. The van der Waals surface area contributed by atoms with Crippen molar-refractivity contribution in [1.29, 1.82) is 0 Å². The topological polar surface area (TPSA) is 47.5 Å². The molecule has 5 nitrogen and oxygen atoms in total. The molecule has 102 valence electrons. The molecule has 0 bridgehead atoms. The summed E-state index contributed by atoms with van der Waals surface area (Å²) in [4.78, 5) is 10.7. The Balaban J connectivity index is 2.87. The summed E-state index contributed by atoms with van der Waals surface area (Å²) in [5.41, 5.74) is 0. The minimum absolute atomic E-state index is 0.538. The Kier molecular flexibility index (Phi) is 6.75. The number of methoxy groups -OCH3 is 1. The summed E-state index contributed by atoms with van der Waals surface area (Å²) in [6.07, 6.45) is 0. The van der Waals surface area contributed by atoms with Crippen LogP contribution in [-0.4, -0.2) is 49.3 Å². The number of aryl methyl sites for hydroxylation is 1. The molecule has 0 aliphatic carbocycles. The quantitative estimate of drug-likeness (QED) is 0.677. The molecule has 1 aromatic heterocycles. The van der Waals surface area contributed by atoms with Gasteiger partial charge in [0.05, 0.1) is 13.2 Å². The number of anilines is 1. The molecule has 0 spiro atoms. The van der Waals surface area contributed by atoms with Gasteiger partial charge in [0.25, 0.3) is 0 Å². The third kappa shape index (κ3) is 4.66. The number of rotatable bonds is 8.